The first-order valence-electron chi connectivity index (χ1n) is 11.6. The van der Waals surface area contributed by atoms with Gasteiger partial charge in [0.1, 0.15) is 12.3 Å². The highest BCUT2D eigenvalue weighted by atomic mass is 19.1. The highest BCUT2D eigenvalue weighted by Gasteiger charge is 2.47. The Morgan fingerprint density at radius 2 is 1.90 bits per heavy atom. The minimum Gasteiger partial charge on any atom is -0.352 e. The third-order valence-corrected chi connectivity index (χ3v) is 8.07. The number of carbonyl (C=O) groups is 1. The summed E-state index contributed by atoms with van der Waals surface area (Å²) < 4.78 is 28.9. The average molecular weight is 413 g/mol. The van der Waals surface area contributed by atoms with Gasteiger partial charge < -0.3 is 15.5 Å². The van der Waals surface area contributed by atoms with Gasteiger partial charge in [0.25, 0.3) is 0 Å². The Bertz CT molecular complexity index is 573. The molecule has 0 aromatic heterocycles. The second-order valence-electron chi connectivity index (χ2n) is 10.3. The van der Waals surface area contributed by atoms with Gasteiger partial charge in [0.15, 0.2) is 0 Å². The van der Waals surface area contributed by atoms with Gasteiger partial charge in [-0.15, -0.1) is 0 Å². The number of halogens is 2. The lowest BCUT2D eigenvalue weighted by molar-refractivity contribution is -0.124. The molecular weight excluding hydrogens is 374 g/mol. The highest BCUT2D eigenvalue weighted by Crippen LogP contribution is 2.38. The number of carbonyl (C=O) groups excluding carboxylic acids is 1. The Kier molecular flexibility index (Phi) is 6.47. The average Bonchev–Trinajstić information content (AvgIpc) is 3.32. The first-order chi connectivity index (χ1) is 13.8. The van der Waals surface area contributed by atoms with Crippen molar-refractivity contribution in [2.24, 2.45) is 11.8 Å². The first-order valence-corrected chi connectivity index (χ1v) is 11.6. The van der Waals surface area contributed by atoms with E-state index in [0.717, 1.165) is 32.4 Å². The lowest BCUT2D eigenvalue weighted by Crippen LogP contribution is -2.52. The predicted octanol–water partition coefficient (Wildman–Crippen LogP) is 2.11. The van der Waals surface area contributed by atoms with Crippen LogP contribution in [0.1, 0.15) is 51.9 Å². The summed E-state index contributed by atoms with van der Waals surface area (Å²) in [6.07, 6.45) is 3.27. The number of nitrogens with one attached hydrogen (secondary N) is 2. The van der Waals surface area contributed by atoms with Crippen molar-refractivity contribution in [2.75, 3.05) is 27.2 Å². The maximum Gasteiger partial charge on any atom is 0.237 e. The van der Waals surface area contributed by atoms with Crippen LogP contribution >= 0.6 is 0 Å². The van der Waals surface area contributed by atoms with E-state index in [-0.39, 0.29) is 36.0 Å². The summed E-state index contributed by atoms with van der Waals surface area (Å²) in [5.74, 6) is 0.276. The number of likely N-dealkylation sites (tertiary alicyclic amines) is 1. The minimum atomic E-state index is -0.869. The van der Waals surface area contributed by atoms with Gasteiger partial charge in [-0.2, -0.15) is 0 Å². The molecule has 0 bridgehead atoms. The van der Waals surface area contributed by atoms with Crippen LogP contribution in [0.2, 0.25) is 0 Å². The largest absolute Gasteiger partial charge is 0.352 e. The molecule has 4 fully saturated rings. The Morgan fingerprint density at radius 1 is 1.10 bits per heavy atom. The molecule has 0 aromatic rings. The molecule has 0 spiro atoms. The molecule has 9 unspecified atom stereocenters. The van der Waals surface area contributed by atoms with Crippen molar-refractivity contribution in [3.8, 4) is 0 Å². The molecule has 7 heteroatoms. The van der Waals surface area contributed by atoms with Crippen LogP contribution in [0, 0.1) is 11.8 Å². The van der Waals surface area contributed by atoms with Crippen LogP contribution in [0.5, 0.6) is 0 Å². The third-order valence-electron chi connectivity index (χ3n) is 8.07. The van der Waals surface area contributed by atoms with E-state index in [0.29, 0.717) is 37.6 Å². The Balaban J connectivity index is 1.32. The van der Waals surface area contributed by atoms with Crippen molar-refractivity contribution < 1.29 is 13.6 Å². The number of hydrogen-bond acceptors (Lipinski definition) is 4. The van der Waals surface area contributed by atoms with E-state index in [1.165, 1.54) is 0 Å². The van der Waals surface area contributed by atoms with Crippen LogP contribution in [0.25, 0.3) is 0 Å². The topological polar surface area (TPSA) is 47.6 Å². The number of alkyl halides is 2. The van der Waals surface area contributed by atoms with Gasteiger partial charge in [0.2, 0.25) is 5.91 Å². The highest BCUT2D eigenvalue weighted by molar-refractivity contribution is 5.82. The van der Waals surface area contributed by atoms with Crippen LogP contribution in [0.15, 0.2) is 0 Å². The van der Waals surface area contributed by atoms with E-state index in [1.54, 1.807) is 0 Å². The second kappa shape index (κ2) is 8.75. The van der Waals surface area contributed by atoms with E-state index in [9.17, 15) is 13.6 Å². The van der Waals surface area contributed by atoms with E-state index >= 15 is 0 Å². The van der Waals surface area contributed by atoms with Gasteiger partial charge in [-0.3, -0.25) is 9.69 Å². The molecule has 0 radical (unpaired) electrons. The molecule has 2 saturated heterocycles. The van der Waals surface area contributed by atoms with Gasteiger partial charge >= 0.3 is 0 Å². The Labute approximate surface area is 173 Å². The van der Waals surface area contributed by atoms with Gasteiger partial charge in [0.05, 0.1) is 6.04 Å². The molecule has 5 nitrogen and oxygen atoms in total. The van der Waals surface area contributed by atoms with Crippen LogP contribution in [-0.4, -0.2) is 85.4 Å². The second-order valence-corrected chi connectivity index (χ2v) is 10.3. The molecule has 2 N–H and O–H groups in total. The van der Waals surface area contributed by atoms with Crippen LogP contribution < -0.4 is 10.6 Å². The molecule has 2 aliphatic carbocycles. The van der Waals surface area contributed by atoms with Gasteiger partial charge in [0, 0.05) is 43.2 Å². The smallest absolute Gasteiger partial charge is 0.237 e. The van der Waals surface area contributed by atoms with Crippen molar-refractivity contribution in [2.45, 2.75) is 94.4 Å². The summed E-state index contributed by atoms with van der Waals surface area (Å²) >= 11 is 0. The summed E-state index contributed by atoms with van der Waals surface area (Å²) in [4.78, 5) is 17.6. The quantitative estimate of drug-likeness (QED) is 0.743. The number of rotatable bonds is 4. The maximum absolute atomic E-state index is 14.5. The molecule has 2 saturated carbocycles. The monoisotopic (exact) mass is 412 g/mol. The van der Waals surface area contributed by atoms with Crippen molar-refractivity contribution >= 4 is 5.91 Å². The molecule has 4 aliphatic rings. The van der Waals surface area contributed by atoms with E-state index < -0.39 is 12.3 Å². The number of nitrogens with zero attached hydrogens (tertiary/aromatic N) is 2. The zero-order valence-electron chi connectivity index (χ0n) is 18.1. The lowest BCUT2D eigenvalue weighted by atomic mass is 9.77. The van der Waals surface area contributed by atoms with Crippen molar-refractivity contribution in [1.29, 1.82) is 0 Å². The molecule has 166 valence electrons. The molecule has 2 aliphatic heterocycles. The van der Waals surface area contributed by atoms with Crippen molar-refractivity contribution in [3.63, 3.8) is 0 Å². The fourth-order valence-electron chi connectivity index (χ4n) is 6.26. The minimum absolute atomic E-state index is 0.0601. The molecule has 2 heterocycles. The molecule has 29 heavy (non-hydrogen) atoms. The summed E-state index contributed by atoms with van der Waals surface area (Å²) in [6, 6.07) is 0.355. The fraction of sp³-hybridized carbons (Fsp3) is 0.955. The standard InChI is InChI=1S/C22H38F2N4O/c1-13-4-5-19(24)18-11-20(26-21(13)18)22(29)25-15-8-14(23)9-17(10-15)28-7-6-16(12-28)27(2)3/h13-21,26H,4-12H2,1-3H3,(H,25,29). The SMILES string of the molecule is CC1CCC(F)C2CC(C(=O)NC3CC(F)CC(N4CCC(N(C)C)C4)C3)NC12. The molecule has 4 rings (SSSR count). The maximum atomic E-state index is 14.5. The summed E-state index contributed by atoms with van der Waals surface area (Å²) in [5.41, 5.74) is 0. The molecule has 1 amide bonds. The Hall–Kier alpha value is -0.790. The number of hydrogen-bond donors (Lipinski definition) is 2. The van der Waals surface area contributed by atoms with Gasteiger partial charge in [-0.1, -0.05) is 6.92 Å². The van der Waals surface area contributed by atoms with E-state index in [2.05, 4.69) is 41.5 Å². The summed E-state index contributed by atoms with van der Waals surface area (Å²) in [5, 5.41) is 6.51. The molecule has 9 atom stereocenters. The van der Waals surface area contributed by atoms with Gasteiger partial charge in [-0.05, 0) is 65.0 Å². The van der Waals surface area contributed by atoms with E-state index in [4.69, 9.17) is 0 Å². The van der Waals surface area contributed by atoms with E-state index in [1.807, 2.05) is 0 Å². The summed E-state index contributed by atoms with van der Waals surface area (Å²) in [6.45, 7) is 4.13. The normalized spacial score (nSPS) is 46.1. The number of likely N-dealkylation sites (N-methyl/N-ethyl adjacent to an activating group) is 1. The molecular formula is C22H38F2N4O. The van der Waals surface area contributed by atoms with Gasteiger partial charge in [-0.25, -0.2) is 8.78 Å². The Morgan fingerprint density at radius 3 is 2.59 bits per heavy atom. The first kappa shape index (κ1) is 21.4. The fourth-order valence-corrected chi connectivity index (χ4v) is 6.26. The molecule has 0 aromatic carbocycles. The predicted molar refractivity (Wildman–Crippen MR) is 110 cm³/mol. The summed E-state index contributed by atoms with van der Waals surface area (Å²) in [7, 11) is 4.20. The van der Waals surface area contributed by atoms with Crippen molar-refractivity contribution in [1.82, 2.24) is 20.4 Å². The zero-order valence-corrected chi connectivity index (χ0v) is 18.1. The number of amides is 1. The van der Waals surface area contributed by atoms with Crippen LogP contribution in [0.4, 0.5) is 8.78 Å². The van der Waals surface area contributed by atoms with Crippen LogP contribution in [0.3, 0.4) is 0 Å². The zero-order chi connectivity index (χ0) is 20.7. The van der Waals surface area contributed by atoms with Crippen LogP contribution in [-0.2, 0) is 4.79 Å². The lowest BCUT2D eigenvalue weighted by Gasteiger charge is -2.37. The number of fused-ring (bicyclic) bond motifs is 1. The third kappa shape index (κ3) is 4.62. The van der Waals surface area contributed by atoms with Crippen molar-refractivity contribution in [3.05, 3.63) is 0 Å².